The molecule has 0 radical (unpaired) electrons. The van der Waals surface area contributed by atoms with Crippen molar-refractivity contribution in [1.29, 1.82) is 0 Å². The maximum Gasteiger partial charge on any atom is 0.331 e. The van der Waals surface area contributed by atoms with Gasteiger partial charge in [-0.2, -0.15) is 0 Å². The first kappa shape index (κ1) is 22.8. The lowest BCUT2D eigenvalue weighted by Crippen LogP contribution is -2.44. The first-order chi connectivity index (χ1) is 17.0. The number of hydrogen-bond donors (Lipinski definition) is 1. The Morgan fingerprint density at radius 2 is 1.69 bits per heavy atom. The van der Waals surface area contributed by atoms with E-state index in [2.05, 4.69) is 0 Å². The summed E-state index contributed by atoms with van der Waals surface area (Å²) in [5.41, 5.74) is 8.03. The first-order valence-corrected chi connectivity index (χ1v) is 11.6. The Labute approximate surface area is 202 Å². The summed E-state index contributed by atoms with van der Waals surface area (Å²) in [4.78, 5) is 27.6. The molecule has 1 aliphatic rings. The molecule has 1 aromatic heterocycles. The lowest BCUT2D eigenvalue weighted by molar-refractivity contribution is 0.387. The van der Waals surface area contributed by atoms with Gasteiger partial charge in [-0.1, -0.05) is 72.8 Å². The average Bonchev–Trinajstić information content (AvgIpc) is 3.33. The van der Waals surface area contributed by atoms with E-state index < -0.39 is 23.1 Å². The summed E-state index contributed by atoms with van der Waals surface area (Å²) >= 11 is 0. The van der Waals surface area contributed by atoms with Gasteiger partial charge in [0.2, 0.25) is 0 Å². The number of ether oxygens (including phenoxy) is 1. The third-order valence-corrected chi connectivity index (χ3v) is 6.69. The van der Waals surface area contributed by atoms with Gasteiger partial charge in [-0.05, 0) is 30.0 Å². The number of nitrogens with two attached hydrogens (primary N) is 1. The number of methoxy groups -OCH3 is 1. The molecule has 5 rings (SSSR count). The van der Waals surface area contributed by atoms with Gasteiger partial charge in [0, 0.05) is 17.3 Å². The quantitative estimate of drug-likeness (QED) is 0.460. The van der Waals surface area contributed by atoms with E-state index >= 15 is 4.39 Å². The summed E-state index contributed by atoms with van der Waals surface area (Å²) in [5.74, 6) is -0.590. The SMILES string of the molecule is COc1cccc(-c2c3n(c(=O)n(C[C@H](N)c4ccccc4)c2=O)C(c2ccccc2)CC3)c1F. The Hall–Kier alpha value is -3.97. The van der Waals surface area contributed by atoms with Crippen molar-refractivity contribution in [2.24, 2.45) is 5.73 Å². The summed E-state index contributed by atoms with van der Waals surface area (Å²) < 4.78 is 23.4. The van der Waals surface area contributed by atoms with E-state index in [4.69, 9.17) is 10.5 Å². The molecule has 1 unspecified atom stereocenters. The van der Waals surface area contributed by atoms with Crippen molar-refractivity contribution < 1.29 is 9.13 Å². The Morgan fingerprint density at radius 1 is 1.00 bits per heavy atom. The van der Waals surface area contributed by atoms with Gasteiger partial charge in [0.1, 0.15) is 0 Å². The molecule has 2 atom stereocenters. The van der Waals surface area contributed by atoms with Gasteiger partial charge < -0.3 is 10.5 Å². The Morgan fingerprint density at radius 3 is 2.37 bits per heavy atom. The van der Waals surface area contributed by atoms with Crippen LogP contribution in [0.15, 0.2) is 88.5 Å². The van der Waals surface area contributed by atoms with Gasteiger partial charge in [-0.15, -0.1) is 0 Å². The fraction of sp³-hybridized carbons (Fsp3) is 0.214. The zero-order valence-corrected chi connectivity index (χ0v) is 19.4. The van der Waals surface area contributed by atoms with Crippen molar-refractivity contribution in [3.8, 4) is 16.9 Å². The van der Waals surface area contributed by atoms with Gasteiger partial charge in [0.15, 0.2) is 11.6 Å². The molecule has 178 valence electrons. The van der Waals surface area contributed by atoms with E-state index in [0.717, 1.165) is 15.7 Å². The fourth-order valence-electron chi connectivity index (χ4n) is 4.97. The van der Waals surface area contributed by atoms with Gasteiger partial charge in [-0.3, -0.25) is 13.9 Å². The van der Waals surface area contributed by atoms with Crippen LogP contribution in [-0.4, -0.2) is 16.2 Å². The molecule has 35 heavy (non-hydrogen) atoms. The van der Waals surface area contributed by atoms with Crippen LogP contribution in [-0.2, 0) is 13.0 Å². The molecule has 0 saturated heterocycles. The van der Waals surface area contributed by atoms with Crippen molar-refractivity contribution in [2.45, 2.75) is 31.5 Å². The average molecular weight is 472 g/mol. The van der Waals surface area contributed by atoms with Crippen molar-refractivity contribution in [3.05, 3.63) is 122 Å². The third-order valence-electron chi connectivity index (χ3n) is 6.69. The second-order valence-corrected chi connectivity index (χ2v) is 8.69. The minimum absolute atomic E-state index is 0.0257. The highest BCUT2D eigenvalue weighted by Gasteiger charge is 2.32. The van der Waals surface area contributed by atoms with Crippen molar-refractivity contribution in [1.82, 2.24) is 9.13 Å². The topological polar surface area (TPSA) is 79.2 Å². The molecule has 0 spiro atoms. The van der Waals surface area contributed by atoms with Gasteiger partial charge >= 0.3 is 5.69 Å². The Kier molecular flexibility index (Phi) is 6.09. The molecule has 0 amide bonds. The van der Waals surface area contributed by atoms with Crippen molar-refractivity contribution in [2.75, 3.05) is 7.11 Å². The summed E-state index contributed by atoms with van der Waals surface area (Å²) in [6.07, 6.45) is 1.10. The molecule has 0 aliphatic carbocycles. The van der Waals surface area contributed by atoms with Crippen molar-refractivity contribution in [3.63, 3.8) is 0 Å². The largest absolute Gasteiger partial charge is 0.494 e. The molecule has 2 N–H and O–H groups in total. The predicted octanol–water partition coefficient (Wildman–Crippen LogP) is 4.06. The zero-order chi connectivity index (χ0) is 24.5. The van der Waals surface area contributed by atoms with Crippen LogP contribution in [0.25, 0.3) is 11.1 Å². The number of rotatable bonds is 6. The number of aromatic nitrogens is 2. The molecular weight excluding hydrogens is 445 g/mol. The van der Waals surface area contributed by atoms with Gasteiger partial charge in [-0.25, -0.2) is 9.18 Å². The van der Waals surface area contributed by atoms with E-state index in [0.29, 0.717) is 18.5 Å². The first-order valence-electron chi connectivity index (χ1n) is 11.6. The van der Waals surface area contributed by atoms with E-state index in [-0.39, 0.29) is 29.5 Å². The highest BCUT2D eigenvalue weighted by Crippen LogP contribution is 2.36. The molecule has 3 aromatic carbocycles. The van der Waals surface area contributed by atoms with E-state index in [1.165, 1.54) is 13.2 Å². The maximum absolute atomic E-state index is 15.4. The minimum atomic E-state index is -0.629. The molecule has 7 heteroatoms. The summed E-state index contributed by atoms with van der Waals surface area (Å²) in [6.45, 7) is -0.0257. The van der Waals surface area contributed by atoms with E-state index in [1.807, 2.05) is 60.7 Å². The molecule has 6 nitrogen and oxygen atoms in total. The lowest BCUT2D eigenvalue weighted by atomic mass is 10.0. The normalized spacial score (nSPS) is 15.6. The molecule has 0 saturated carbocycles. The monoisotopic (exact) mass is 471 g/mol. The number of hydrogen-bond acceptors (Lipinski definition) is 4. The number of benzene rings is 3. The highest BCUT2D eigenvalue weighted by atomic mass is 19.1. The zero-order valence-electron chi connectivity index (χ0n) is 19.4. The Bertz CT molecular complexity index is 1480. The van der Waals surface area contributed by atoms with Crippen LogP contribution in [0, 0.1) is 5.82 Å². The van der Waals surface area contributed by atoms with E-state index in [9.17, 15) is 9.59 Å². The standard InChI is InChI=1S/C28H26FN3O3/c1-35-24-14-8-13-20(26(24)29)25-23-16-15-22(19-11-6-3-7-12-19)32(23)28(34)31(27(25)33)17-21(30)18-9-4-2-5-10-18/h2-14,21-22H,15-17,30H2,1H3/t21-,22?/m0/s1. The summed E-state index contributed by atoms with van der Waals surface area (Å²) in [6, 6.07) is 22.8. The smallest absolute Gasteiger partial charge is 0.331 e. The number of nitrogens with zero attached hydrogens (tertiary/aromatic N) is 2. The minimum Gasteiger partial charge on any atom is -0.494 e. The van der Waals surface area contributed by atoms with Crippen molar-refractivity contribution >= 4 is 0 Å². The maximum atomic E-state index is 15.4. The van der Waals surface area contributed by atoms with E-state index in [1.54, 1.807) is 16.7 Å². The van der Waals surface area contributed by atoms with Crippen LogP contribution in [0.4, 0.5) is 4.39 Å². The second kappa shape index (κ2) is 9.35. The van der Waals surface area contributed by atoms with Gasteiger partial charge in [0.05, 0.1) is 25.3 Å². The molecule has 1 aliphatic heterocycles. The molecule has 0 fully saturated rings. The molecule has 4 aromatic rings. The van der Waals surface area contributed by atoms with Crippen LogP contribution in [0.1, 0.15) is 35.3 Å². The molecule has 0 bridgehead atoms. The van der Waals surface area contributed by atoms with Crippen LogP contribution < -0.4 is 21.7 Å². The van der Waals surface area contributed by atoms with Crippen LogP contribution in [0.3, 0.4) is 0 Å². The summed E-state index contributed by atoms with van der Waals surface area (Å²) in [5, 5.41) is 0. The second-order valence-electron chi connectivity index (χ2n) is 8.69. The lowest BCUT2D eigenvalue weighted by Gasteiger charge is -2.21. The number of halogens is 1. The van der Waals surface area contributed by atoms with Gasteiger partial charge in [0.25, 0.3) is 5.56 Å². The third kappa shape index (κ3) is 3.98. The Balaban J connectivity index is 1.75. The molecular formula is C28H26FN3O3. The van der Waals surface area contributed by atoms with Crippen LogP contribution in [0.5, 0.6) is 5.75 Å². The van der Waals surface area contributed by atoms with Crippen LogP contribution >= 0.6 is 0 Å². The highest BCUT2D eigenvalue weighted by molar-refractivity contribution is 5.68. The fourth-order valence-corrected chi connectivity index (χ4v) is 4.97. The number of fused-ring (bicyclic) bond motifs is 1. The predicted molar refractivity (Wildman–Crippen MR) is 133 cm³/mol. The van der Waals surface area contributed by atoms with Crippen LogP contribution in [0.2, 0.25) is 0 Å². The summed E-state index contributed by atoms with van der Waals surface area (Å²) in [7, 11) is 1.38. The molecule has 2 heterocycles.